The maximum atomic E-state index is 12.9. The number of ether oxygens (including phenoxy) is 2. The van der Waals surface area contributed by atoms with E-state index < -0.39 is 36.5 Å². The van der Waals surface area contributed by atoms with Gasteiger partial charge in [0.05, 0.1) is 31.3 Å². The summed E-state index contributed by atoms with van der Waals surface area (Å²) in [5, 5.41) is 11.8. The van der Waals surface area contributed by atoms with E-state index >= 15 is 0 Å². The van der Waals surface area contributed by atoms with Crippen LogP contribution >= 0.6 is 0 Å². The highest BCUT2D eigenvalue weighted by molar-refractivity contribution is 5.94. The molecule has 0 bridgehead atoms. The molecule has 8 nitrogen and oxygen atoms in total. The standard InChI is InChI=1S/C28H32F5N3O5/c29-27(30)40-17-22-13-24(41-23-7-3-20(4-8-23)28(31,32)33)15-36(22)21-5-1-19(2-6-21)26(39)34-14-18-9-11-35(12-10-18)16-25(37)38/h1-8,18,22,24,27H,9-17H2,(H,34,39)(H,37,38)/t22-,24-/m0/s1. The van der Waals surface area contributed by atoms with Crippen molar-refractivity contribution in [2.45, 2.75) is 44.2 Å². The van der Waals surface area contributed by atoms with Crippen molar-refractivity contribution < 1.29 is 46.1 Å². The molecule has 4 rings (SSSR count). The lowest BCUT2D eigenvalue weighted by Crippen LogP contribution is -2.40. The van der Waals surface area contributed by atoms with Crippen LogP contribution in [0.15, 0.2) is 48.5 Å². The quantitative estimate of drug-likeness (QED) is 0.376. The van der Waals surface area contributed by atoms with Crippen molar-refractivity contribution in [1.29, 1.82) is 0 Å². The normalized spacial score (nSPS) is 20.4. The molecule has 2 aliphatic heterocycles. The summed E-state index contributed by atoms with van der Waals surface area (Å²) in [6.45, 7) is -1.14. The fourth-order valence-corrected chi connectivity index (χ4v) is 5.22. The van der Waals surface area contributed by atoms with Crippen molar-refractivity contribution in [3.8, 4) is 5.75 Å². The second-order valence-corrected chi connectivity index (χ2v) is 10.3. The molecule has 2 aliphatic rings. The zero-order valence-electron chi connectivity index (χ0n) is 22.2. The highest BCUT2D eigenvalue weighted by atomic mass is 19.4. The summed E-state index contributed by atoms with van der Waals surface area (Å²) in [5.41, 5.74) is 0.286. The number of hydrogen-bond donors (Lipinski definition) is 2. The van der Waals surface area contributed by atoms with Crippen LogP contribution in [0.4, 0.5) is 27.6 Å². The summed E-state index contributed by atoms with van der Waals surface area (Å²) in [4.78, 5) is 27.3. The Morgan fingerprint density at radius 1 is 1.02 bits per heavy atom. The molecule has 13 heteroatoms. The van der Waals surface area contributed by atoms with E-state index in [0.717, 1.165) is 25.0 Å². The summed E-state index contributed by atoms with van der Waals surface area (Å²) in [7, 11) is 0. The van der Waals surface area contributed by atoms with Gasteiger partial charge in [-0.05, 0) is 80.4 Å². The van der Waals surface area contributed by atoms with Gasteiger partial charge >= 0.3 is 18.8 Å². The van der Waals surface area contributed by atoms with Gasteiger partial charge in [-0.15, -0.1) is 0 Å². The monoisotopic (exact) mass is 585 g/mol. The lowest BCUT2D eigenvalue weighted by molar-refractivity contribution is -0.139. The number of nitrogens with one attached hydrogen (secondary N) is 1. The van der Waals surface area contributed by atoms with E-state index in [4.69, 9.17) is 9.84 Å². The molecule has 2 heterocycles. The molecule has 0 spiro atoms. The predicted molar refractivity (Wildman–Crippen MR) is 139 cm³/mol. The molecule has 2 saturated heterocycles. The van der Waals surface area contributed by atoms with Gasteiger partial charge in [0.1, 0.15) is 11.9 Å². The Bertz CT molecular complexity index is 1160. The summed E-state index contributed by atoms with van der Waals surface area (Å²) >= 11 is 0. The highest BCUT2D eigenvalue weighted by Gasteiger charge is 2.35. The Labute approximate surface area is 234 Å². The maximum absolute atomic E-state index is 12.9. The molecule has 224 valence electrons. The number of benzene rings is 2. The second-order valence-electron chi connectivity index (χ2n) is 10.3. The Balaban J connectivity index is 1.33. The van der Waals surface area contributed by atoms with Crippen LogP contribution in [0.25, 0.3) is 0 Å². The molecular formula is C28H32F5N3O5. The SMILES string of the molecule is O=C(O)CN1CCC(CNC(=O)c2ccc(N3C[C@@H](Oc4ccc(C(F)(F)F)cc4)C[C@H]3COC(F)F)cc2)CC1. The average molecular weight is 586 g/mol. The molecular weight excluding hydrogens is 553 g/mol. The number of anilines is 1. The van der Waals surface area contributed by atoms with E-state index in [1.54, 1.807) is 24.3 Å². The van der Waals surface area contributed by atoms with Crippen molar-refractivity contribution in [2.24, 2.45) is 5.92 Å². The van der Waals surface area contributed by atoms with Crippen molar-refractivity contribution in [1.82, 2.24) is 10.2 Å². The lowest BCUT2D eigenvalue weighted by Gasteiger charge is -2.30. The summed E-state index contributed by atoms with van der Waals surface area (Å²) < 4.78 is 74.5. The number of nitrogens with zero attached hydrogens (tertiary/aromatic N) is 2. The van der Waals surface area contributed by atoms with Gasteiger partial charge in [0.2, 0.25) is 0 Å². The number of amides is 1. The number of aliphatic carboxylic acids is 1. The molecule has 41 heavy (non-hydrogen) atoms. The van der Waals surface area contributed by atoms with Crippen molar-refractivity contribution in [3.05, 3.63) is 59.7 Å². The Hall–Kier alpha value is -3.45. The van der Waals surface area contributed by atoms with Gasteiger partial charge in [-0.2, -0.15) is 22.0 Å². The van der Waals surface area contributed by atoms with Gasteiger partial charge in [-0.3, -0.25) is 14.5 Å². The van der Waals surface area contributed by atoms with Crippen molar-refractivity contribution >= 4 is 17.6 Å². The topological polar surface area (TPSA) is 91.3 Å². The average Bonchev–Trinajstić information content (AvgIpc) is 3.33. The molecule has 0 radical (unpaired) electrons. The molecule has 2 atom stereocenters. The number of carbonyl (C=O) groups is 2. The zero-order chi connectivity index (χ0) is 29.6. The van der Waals surface area contributed by atoms with Crippen LogP contribution in [0.5, 0.6) is 5.75 Å². The lowest BCUT2D eigenvalue weighted by atomic mass is 9.96. The van der Waals surface area contributed by atoms with Crippen LogP contribution in [-0.4, -0.2) is 80.0 Å². The number of likely N-dealkylation sites (tertiary alicyclic amines) is 1. The van der Waals surface area contributed by atoms with E-state index in [1.165, 1.54) is 12.1 Å². The minimum absolute atomic E-state index is 0.0134. The minimum Gasteiger partial charge on any atom is -0.489 e. The van der Waals surface area contributed by atoms with E-state index in [0.29, 0.717) is 37.3 Å². The number of alkyl halides is 5. The smallest absolute Gasteiger partial charge is 0.416 e. The van der Waals surface area contributed by atoms with E-state index in [-0.39, 0.29) is 37.3 Å². The molecule has 0 saturated carbocycles. The third kappa shape index (κ3) is 8.77. The van der Waals surface area contributed by atoms with Crippen molar-refractivity contribution in [3.63, 3.8) is 0 Å². The van der Waals surface area contributed by atoms with Crippen LogP contribution in [0.1, 0.15) is 35.2 Å². The molecule has 2 aromatic rings. The molecule has 2 fully saturated rings. The number of carbonyl (C=O) groups excluding carboxylic acids is 1. The maximum Gasteiger partial charge on any atom is 0.416 e. The van der Waals surface area contributed by atoms with Crippen LogP contribution in [-0.2, 0) is 15.7 Å². The number of carboxylic acids is 1. The highest BCUT2D eigenvalue weighted by Crippen LogP contribution is 2.32. The number of piperidine rings is 1. The molecule has 0 aliphatic carbocycles. The number of hydrogen-bond acceptors (Lipinski definition) is 6. The third-order valence-corrected chi connectivity index (χ3v) is 7.35. The van der Waals surface area contributed by atoms with E-state index in [1.807, 2.05) is 9.80 Å². The van der Waals surface area contributed by atoms with Crippen molar-refractivity contribution in [2.75, 3.05) is 44.2 Å². The van der Waals surface area contributed by atoms with E-state index in [9.17, 15) is 31.5 Å². The second kappa shape index (κ2) is 13.5. The molecule has 2 aromatic carbocycles. The molecule has 2 N–H and O–H groups in total. The Morgan fingerprint density at radius 2 is 1.68 bits per heavy atom. The number of carboxylic acid groups (broad SMARTS) is 1. The summed E-state index contributed by atoms with van der Waals surface area (Å²) in [5.74, 6) is -0.626. The number of halogens is 5. The third-order valence-electron chi connectivity index (χ3n) is 7.35. The van der Waals surface area contributed by atoms with Gasteiger partial charge in [0, 0.05) is 24.2 Å². The van der Waals surface area contributed by atoms with E-state index in [2.05, 4.69) is 10.1 Å². The fourth-order valence-electron chi connectivity index (χ4n) is 5.22. The van der Waals surface area contributed by atoms with Crippen LogP contribution in [0.3, 0.4) is 0 Å². The first-order valence-electron chi connectivity index (χ1n) is 13.3. The number of rotatable bonds is 11. The first-order chi connectivity index (χ1) is 19.5. The van der Waals surface area contributed by atoms with Crippen LogP contribution in [0, 0.1) is 5.92 Å². The molecule has 0 unspecified atom stereocenters. The summed E-state index contributed by atoms with van der Waals surface area (Å²) in [6.07, 6.45) is -3.06. The van der Waals surface area contributed by atoms with Gasteiger partial charge in [-0.1, -0.05) is 0 Å². The minimum atomic E-state index is -4.47. The Morgan fingerprint density at radius 3 is 2.27 bits per heavy atom. The first kappa shape index (κ1) is 30.5. The predicted octanol–water partition coefficient (Wildman–Crippen LogP) is 4.50. The van der Waals surface area contributed by atoms with Gasteiger partial charge in [-0.25, -0.2) is 0 Å². The Kier molecular flexibility index (Phi) is 10.0. The largest absolute Gasteiger partial charge is 0.489 e. The van der Waals surface area contributed by atoms with Gasteiger partial charge in [0.25, 0.3) is 5.91 Å². The zero-order valence-corrected chi connectivity index (χ0v) is 22.2. The van der Waals surface area contributed by atoms with Gasteiger partial charge in [0.15, 0.2) is 0 Å². The fraction of sp³-hybridized carbons (Fsp3) is 0.500. The molecule has 0 aromatic heterocycles. The first-order valence-corrected chi connectivity index (χ1v) is 13.3. The van der Waals surface area contributed by atoms with Gasteiger partial charge < -0.3 is 24.8 Å². The molecule has 1 amide bonds. The summed E-state index contributed by atoms with van der Waals surface area (Å²) in [6, 6.07) is 10.5. The van der Waals surface area contributed by atoms with Crippen LogP contribution < -0.4 is 15.0 Å². The van der Waals surface area contributed by atoms with Crippen LogP contribution in [0.2, 0.25) is 0 Å².